The van der Waals surface area contributed by atoms with Crippen LogP contribution in [0.5, 0.6) is 0 Å². The molecule has 1 aromatic rings. The number of benzene rings is 1. The molecule has 0 spiro atoms. The highest BCUT2D eigenvalue weighted by Gasteiger charge is 2.31. The fourth-order valence-electron chi connectivity index (χ4n) is 2.24. The van der Waals surface area contributed by atoms with Gasteiger partial charge in [-0.3, -0.25) is 4.79 Å². The molecule has 1 aliphatic rings. The van der Waals surface area contributed by atoms with Crippen LogP contribution in [0.1, 0.15) is 24.9 Å². The minimum Gasteiger partial charge on any atom is -0.320 e. The van der Waals surface area contributed by atoms with Gasteiger partial charge in [0.15, 0.2) is 0 Å². The predicted octanol–water partition coefficient (Wildman–Crippen LogP) is 1.51. The van der Waals surface area contributed by atoms with Crippen molar-refractivity contribution in [2.24, 2.45) is 5.73 Å². The number of nitrogens with zero attached hydrogens (tertiary/aromatic N) is 2. The zero-order chi connectivity index (χ0) is 14.2. The van der Waals surface area contributed by atoms with Crippen LogP contribution in [0.4, 0.5) is 10.1 Å². The SMILES string of the molecule is CC(c1ccc(N2CCC(N)C2=O)c(F)c1)N(C)C. The number of hydrogen-bond donors (Lipinski definition) is 1. The van der Waals surface area contributed by atoms with E-state index >= 15 is 0 Å². The molecule has 2 unspecified atom stereocenters. The summed E-state index contributed by atoms with van der Waals surface area (Å²) in [5, 5.41) is 0. The van der Waals surface area contributed by atoms with Gasteiger partial charge < -0.3 is 15.5 Å². The first-order valence-electron chi connectivity index (χ1n) is 6.44. The smallest absolute Gasteiger partial charge is 0.244 e. The molecule has 19 heavy (non-hydrogen) atoms. The second-order valence-electron chi connectivity index (χ2n) is 5.24. The summed E-state index contributed by atoms with van der Waals surface area (Å²) < 4.78 is 14.2. The highest BCUT2D eigenvalue weighted by molar-refractivity contribution is 5.99. The van der Waals surface area contributed by atoms with E-state index in [9.17, 15) is 9.18 Å². The van der Waals surface area contributed by atoms with E-state index in [0.29, 0.717) is 18.7 Å². The van der Waals surface area contributed by atoms with Crippen LogP contribution in [0.15, 0.2) is 18.2 Å². The number of amides is 1. The van der Waals surface area contributed by atoms with Crippen molar-refractivity contribution in [1.82, 2.24) is 4.90 Å². The highest BCUT2D eigenvalue weighted by atomic mass is 19.1. The minimum absolute atomic E-state index is 0.125. The lowest BCUT2D eigenvalue weighted by Crippen LogP contribution is -2.34. The summed E-state index contributed by atoms with van der Waals surface area (Å²) in [6.45, 7) is 2.49. The number of carbonyl (C=O) groups excluding carboxylic acids is 1. The van der Waals surface area contributed by atoms with E-state index in [1.54, 1.807) is 6.07 Å². The Morgan fingerprint density at radius 2 is 2.16 bits per heavy atom. The van der Waals surface area contributed by atoms with Gasteiger partial charge in [0.2, 0.25) is 5.91 Å². The van der Waals surface area contributed by atoms with Gasteiger partial charge in [0.05, 0.1) is 11.7 Å². The Morgan fingerprint density at radius 1 is 1.47 bits per heavy atom. The molecular weight excluding hydrogens is 245 g/mol. The summed E-state index contributed by atoms with van der Waals surface area (Å²) in [5.41, 5.74) is 6.87. The van der Waals surface area contributed by atoms with Crippen LogP contribution in [0.3, 0.4) is 0 Å². The van der Waals surface area contributed by atoms with Crippen LogP contribution in [0.25, 0.3) is 0 Å². The van der Waals surface area contributed by atoms with Gasteiger partial charge in [-0.05, 0) is 45.1 Å². The number of rotatable bonds is 3. The predicted molar refractivity (Wildman–Crippen MR) is 73.4 cm³/mol. The Morgan fingerprint density at radius 3 is 2.63 bits per heavy atom. The second kappa shape index (κ2) is 5.27. The average Bonchev–Trinajstić information content (AvgIpc) is 2.69. The summed E-state index contributed by atoms with van der Waals surface area (Å²) in [6.07, 6.45) is 0.578. The second-order valence-corrected chi connectivity index (χ2v) is 5.24. The van der Waals surface area contributed by atoms with Gasteiger partial charge in [0.25, 0.3) is 0 Å². The molecule has 4 nitrogen and oxygen atoms in total. The van der Waals surface area contributed by atoms with E-state index in [2.05, 4.69) is 0 Å². The monoisotopic (exact) mass is 265 g/mol. The first kappa shape index (κ1) is 14.0. The average molecular weight is 265 g/mol. The largest absolute Gasteiger partial charge is 0.320 e. The number of carbonyl (C=O) groups is 1. The third-order valence-electron chi connectivity index (χ3n) is 3.77. The van der Waals surface area contributed by atoms with Gasteiger partial charge in [-0.2, -0.15) is 0 Å². The minimum atomic E-state index is -0.500. The maximum absolute atomic E-state index is 14.2. The first-order valence-corrected chi connectivity index (χ1v) is 6.44. The van der Waals surface area contributed by atoms with E-state index in [-0.39, 0.29) is 17.8 Å². The van der Waals surface area contributed by atoms with E-state index in [4.69, 9.17) is 5.73 Å². The third-order valence-corrected chi connectivity index (χ3v) is 3.77. The molecule has 1 fully saturated rings. The van der Waals surface area contributed by atoms with Crippen LogP contribution < -0.4 is 10.6 Å². The fourth-order valence-corrected chi connectivity index (χ4v) is 2.24. The maximum Gasteiger partial charge on any atom is 0.244 e. The molecule has 1 saturated heterocycles. The van der Waals surface area contributed by atoms with Gasteiger partial charge in [-0.25, -0.2) is 4.39 Å². The lowest BCUT2D eigenvalue weighted by molar-refractivity contribution is -0.118. The molecule has 2 atom stereocenters. The Balaban J connectivity index is 2.27. The van der Waals surface area contributed by atoms with Crippen molar-refractivity contribution in [3.63, 3.8) is 0 Å². The lowest BCUT2D eigenvalue weighted by Gasteiger charge is -2.22. The molecule has 1 heterocycles. The van der Waals surface area contributed by atoms with Crippen molar-refractivity contribution in [1.29, 1.82) is 0 Å². The Labute approximate surface area is 113 Å². The molecule has 5 heteroatoms. The van der Waals surface area contributed by atoms with E-state index in [1.165, 1.54) is 11.0 Å². The number of hydrogen-bond acceptors (Lipinski definition) is 3. The molecule has 0 bridgehead atoms. The van der Waals surface area contributed by atoms with Crippen molar-refractivity contribution in [3.05, 3.63) is 29.6 Å². The molecular formula is C14H20FN3O. The van der Waals surface area contributed by atoms with Crippen molar-refractivity contribution in [2.45, 2.75) is 25.4 Å². The number of nitrogens with two attached hydrogens (primary N) is 1. The van der Waals surface area contributed by atoms with Gasteiger partial charge in [-0.1, -0.05) is 6.07 Å². The number of anilines is 1. The summed E-state index contributed by atoms with van der Waals surface area (Å²) >= 11 is 0. The fraction of sp³-hybridized carbons (Fsp3) is 0.500. The van der Waals surface area contributed by atoms with Crippen LogP contribution in [0.2, 0.25) is 0 Å². The van der Waals surface area contributed by atoms with Crippen LogP contribution in [-0.2, 0) is 4.79 Å². The van der Waals surface area contributed by atoms with Crippen LogP contribution in [-0.4, -0.2) is 37.5 Å². The molecule has 0 radical (unpaired) electrons. The lowest BCUT2D eigenvalue weighted by atomic mass is 10.1. The van der Waals surface area contributed by atoms with E-state index in [1.807, 2.05) is 32.0 Å². The summed E-state index contributed by atoms with van der Waals surface area (Å²) in [7, 11) is 3.89. The summed E-state index contributed by atoms with van der Waals surface area (Å²) in [4.78, 5) is 15.3. The molecule has 1 aliphatic heterocycles. The quantitative estimate of drug-likeness (QED) is 0.901. The summed E-state index contributed by atoms with van der Waals surface area (Å²) in [5.74, 6) is -0.569. The molecule has 2 rings (SSSR count). The molecule has 2 N–H and O–H groups in total. The zero-order valence-corrected chi connectivity index (χ0v) is 11.6. The Bertz CT molecular complexity index is 490. The molecule has 0 aromatic heterocycles. The normalized spacial score (nSPS) is 21.3. The maximum atomic E-state index is 14.2. The molecule has 1 aromatic carbocycles. The zero-order valence-electron chi connectivity index (χ0n) is 11.6. The van der Waals surface area contributed by atoms with Gasteiger partial charge in [0.1, 0.15) is 5.82 Å². The van der Waals surface area contributed by atoms with Crippen molar-refractivity contribution < 1.29 is 9.18 Å². The first-order chi connectivity index (χ1) is 8.91. The van der Waals surface area contributed by atoms with Gasteiger partial charge in [-0.15, -0.1) is 0 Å². The van der Waals surface area contributed by atoms with Crippen molar-refractivity contribution in [2.75, 3.05) is 25.5 Å². The topological polar surface area (TPSA) is 49.6 Å². The van der Waals surface area contributed by atoms with Crippen LogP contribution in [0, 0.1) is 5.82 Å². The van der Waals surface area contributed by atoms with Gasteiger partial charge >= 0.3 is 0 Å². The molecule has 0 saturated carbocycles. The molecule has 1 amide bonds. The highest BCUT2D eigenvalue weighted by Crippen LogP contribution is 2.27. The molecule has 0 aliphatic carbocycles. The standard InChI is InChI=1S/C14H20FN3O/c1-9(17(2)3)10-4-5-13(11(15)8-10)18-7-6-12(16)14(18)19/h4-5,8-9,12H,6-7,16H2,1-3H3. The Hall–Kier alpha value is -1.46. The van der Waals surface area contributed by atoms with Gasteiger partial charge in [0, 0.05) is 12.6 Å². The Kier molecular flexibility index (Phi) is 3.87. The van der Waals surface area contributed by atoms with E-state index < -0.39 is 6.04 Å². The summed E-state index contributed by atoms with van der Waals surface area (Å²) in [6, 6.07) is 4.65. The number of halogens is 1. The van der Waals surface area contributed by atoms with E-state index in [0.717, 1.165) is 5.56 Å². The molecule has 104 valence electrons. The van der Waals surface area contributed by atoms with Crippen molar-refractivity contribution >= 4 is 11.6 Å². The third kappa shape index (κ3) is 2.62. The van der Waals surface area contributed by atoms with Crippen molar-refractivity contribution in [3.8, 4) is 0 Å². The van der Waals surface area contributed by atoms with Crippen LogP contribution >= 0.6 is 0 Å².